The first kappa shape index (κ1) is 14.5. The Morgan fingerprint density at radius 1 is 0.810 bits per heavy atom. The quantitative estimate of drug-likeness (QED) is 0.645. The second-order valence-corrected chi connectivity index (χ2v) is 6.86. The van der Waals surface area contributed by atoms with Crippen molar-refractivity contribution >= 4 is 49.4 Å². The molecule has 1 aliphatic heterocycles. The molecule has 0 fully saturated rings. The molecule has 3 nitrogen and oxygen atoms in total. The molecule has 2 aromatic carbocycles. The Balaban J connectivity index is 2.19. The number of amides is 2. The third-order valence-electron chi connectivity index (χ3n) is 3.53. The van der Waals surface area contributed by atoms with Gasteiger partial charge in [-0.15, -0.1) is 0 Å². The second-order valence-electron chi connectivity index (χ2n) is 5.02. The average Bonchev–Trinajstić information content (AvgIpc) is 2.62. The van der Waals surface area contributed by atoms with Gasteiger partial charge in [0, 0.05) is 8.95 Å². The van der Waals surface area contributed by atoms with E-state index in [1.807, 2.05) is 26.0 Å². The average molecular weight is 409 g/mol. The summed E-state index contributed by atoms with van der Waals surface area (Å²) in [6, 6.07) is 8.96. The van der Waals surface area contributed by atoms with Crippen molar-refractivity contribution < 1.29 is 9.59 Å². The first-order chi connectivity index (χ1) is 9.90. The number of carbonyl (C=O) groups is 2. The van der Waals surface area contributed by atoms with Crippen LogP contribution < -0.4 is 4.90 Å². The summed E-state index contributed by atoms with van der Waals surface area (Å²) in [6.07, 6.45) is 0. The van der Waals surface area contributed by atoms with Gasteiger partial charge in [0.15, 0.2) is 0 Å². The normalized spacial score (nSPS) is 13.8. The lowest BCUT2D eigenvalue weighted by Crippen LogP contribution is -2.30. The molecule has 2 aromatic rings. The Morgan fingerprint density at radius 2 is 1.38 bits per heavy atom. The standard InChI is InChI=1S/C16H11Br2NO2/c1-8-5-11(18)6-9(2)14(8)19-15(20)12-4-3-10(17)7-13(12)16(19)21/h3-7H,1-2H3. The highest BCUT2D eigenvalue weighted by Crippen LogP contribution is 2.35. The molecule has 0 saturated heterocycles. The fraction of sp³-hybridized carbons (Fsp3) is 0.125. The molecule has 106 valence electrons. The van der Waals surface area contributed by atoms with E-state index in [4.69, 9.17) is 0 Å². The van der Waals surface area contributed by atoms with Crippen molar-refractivity contribution in [2.45, 2.75) is 13.8 Å². The van der Waals surface area contributed by atoms with Crippen LogP contribution in [0.2, 0.25) is 0 Å². The van der Waals surface area contributed by atoms with Crippen LogP contribution in [0.5, 0.6) is 0 Å². The molecule has 0 N–H and O–H groups in total. The minimum absolute atomic E-state index is 0.268. The molecule has 2 amide bonds. The van der Waals surface area contributed by atoms with Crippen LogP contribution in [0.25, 0.3) is 0 Å². The predicted octanol–water partition coefficient (Wildman–Crippen LogP) is 4.63. The highest BCUT2D eigenvalue weighted by atomic mass is 79.9. The van der Waals surface area contributed by atoms with E-state index >= 15 is 0 Å². The summed E-state index contributed by atoms with van der Waals surface area (Å²) in [4.78, 5) is 26.5. The topological polar surface area (TPSA) is 37.4 Å². The Kier molecular flexibility index (Phi) is 3.50. The first-order valence-electron chi connectivity index (χ1n) is 6.35. The summed E-state index contributed by atoms with van der Waals surface area (Å²) in [7, 11) is 0. The monoisotopic (exact) mass is 407 g/mol. The van der Waals surface area contributed by atoms with E-state index in [0.29, 0.717) is 16.8 Å². The van der Waals surface area contributed by atoms with E-state index in [9.17, 15) is 9.59 Å². The molecule has 0 unspecified atom stereocenters. The molecule has 3 rings (SSSR count). The van der Waals surface area contributed by atoms with Gasteiger partial charge in [-0.1, -0.05) is 31.9 Å². The molecule has 0 radical (unpaired) electrons. The Bertz CT molecular complexity index is 776. The number of rotatable bonds is 1. The summed E-state index contributed by atoms with van der Waals surface area (Å²) in [5, 5.41) is 0. The van der Waals surface area contributed by atoms with E-state index in [1.165, 1.54) is 4.90 Å². The molecule has 0 aliphatic carbocycles. The maximum Gasteiger partial charge on any atom is 0.266 e. The molecule has 0 spiro atoms. The van der Waals surface area contributed by atoms with Gasteiger partial charge in [0.05, 0.1) is 16.8 Å². The van der Waals surface area contributed by atoms with Crippen LogP contribution in [0, 0.1) is 13.8 Å². The maximum absolute atomic E-state index is 12.6. The van der Waals surface area contributed by atoms with E-state index < -0.39 is 0 Å². The number of imide groups is 1. The summed E-state index contributed by atoms with van der Waals surface area (Å²) in [6.45, 7) is 3.79. The van der Waals surface area contributed by atoms with Crippen LogP contribution in [-0.4, -0.2) is 11.8 Å². The number of fused-ring (bicyclic) bond motifs is 1. The van der Waals surface area contributed by atoms with Gasteiger partial charge in [-0.05, 0) is 55.3 Å². The van der Waals surface area contributed by atoms with Gasteiger partial charge in [0.1, 0.15) is 0 Å². The number of halogens is 2. The molecule has 0 aromatic heterocycles. The molecular weight excluding hydrogens is 398 g/mol. The summed E-state index contributed by atoms with van der Waals surface area (Å²) >= 11 is 6.77. The molecule has 0 saturated carbocycles. The number of benzene rings is 2. The van der Waals surface area contributed by atoms with Crippen molar-refractivity contribution in [3.05, 3.63) is 61.5 Å². The molecule has 0 atom stereocenters. The van der Waals surface area contributed by atoms with Crippen molar-refractivity contribution in [3.8, 4) is 0 Å². The Hall–Kier alpha value is -1.46. The number of nitrogens with zero attached hydrogens (tertiary/aromatic N) is 1. The summed E-state index contributed by atoms with van der Waals surface area (Å²) in [5.41, 5.74) is 3.33. The lowest BCUT2D eigenvalue weighted by atomic mass is 10.1. The molecule has 1 heterocycles. The van der Waals surface area contributed by atoms with Gasteiger partial charge in [-0.25, -0.2) is 4.90 Å². The fourth-order valence-electron chi connectivity index (χ4n) is 2.67. The van der Waals surface area contributed by atoms with Gasteiger partial charge >= 0.3 is 0 Å². The van der Waals surface area contributed by atoms with Crippen molar-refractivity contribution in [2.24, 2.45) is 0 Å². The van der Waals surface area contributed by atoms with Gasteiger partial charge in [0.2, 0.25) is 0 Å². The zero-order chi connectivity index (χ0) is 15.3. The van der Waals surface area contributed by atoms with Crippen molar-refractivity contribution in [2.75, 3.05) is 4.90 Å². The minimum Gasteiger partial charge on any atom is -0.268 e. The van der Waals surface area contributed by atoms with Crippen molar-refractivity contribution in [1.82, 2.24) is 0 Å². The van der Waals surface area contributed by atoms with Crippen LogP contribution in [0.4, 0.5) is 5.69 Å². The number of aryl methyl sites for hydroxylation is 2. The lowest BCUT2D eigenvalue weighted by Gasteiger charge is -2.19. The van der Waals surface area contributed by atoms with Gasteiger partial charge in [-0.3, -0.25) is 9.59 Å². The van der Waals surface area contributed by atoms with E-state index in [2.05, 4.69) is 31.9 Å². The molecule has 5 heteroatoms. The third-order valence-corrected chi connectivity index (χ3v) is 4.48. The van der Waals surface area contributed by atoms with Gasteiger partial charge in [-0.2, -0.15) is 0 Å². The van der Waals surface area contributed by atoms with Crippen molar-refractivity contribution in [3.63, 3.8) is 0 Å². The second kappa shape index (κ2) is 5.07. The van der Waals surface area contributed by atoms with Crippen molar-refractivity contribution in [1.29, 1.82) is 0 Å². The number of anilines is 1. The molecule has 1 aliphatic rings. The number of carbonyl (C=O) groups excluding carboxylic acids is 2. The van der Waals surface area contributed by atoms with Gasteiger partial charge < -0.3 is 0 Å². The Morgan fingerprint density at radius 3 is 2.00 bits per heavy atom. The predicted molar refractivity (Wildman–Crippen MR) is 88.9 cm³/mol. The van der Waals surface area contributed by atoms with E-state index in [0.717, 1.165) is 20.1 Å². The zero-order valence-corrected chi connectivity index (χ0v) is 14.6. The number of hydrogen-bond donors (Lipinski definition) is 0. The van der Waals surface area contributed by atoms with E-state index in [-0.39, 0.29) is 11.8 Å². The lowest BCUT2D eigenvalue weighted by molar-refractivity contribution is 0.0925. The Labute approximate surface area is 139 Å². The molecule has 0 bridgehead atoms. The number of hydrogen-bond acceptors (Lipinski definition) is 2. The SMILES string of the molecule is Cc1cc(Br)cc(C)c1N1C(=O)c2ccc(Br)cc2C1=O. The van der Waals surface area contributed by atoms with E-state index in [1.54, 1.807) is 18.2 Å². The summed E-state index contributed by atoms with van der Waals surface area (Å²) in [5.74, 6) is -0.541. The largest absolute Gasteiger partial charge is 0.268 e. The minimum atomic E-state index is -0.273. The highest BCUT2D eigenvalue weighted by Gasteiger charge is 2.38. The highest BCUT2D eigenvalue weighted by molar-refractivity contribution is 9.10. The fourth-order valence-corrected chi connectivity index (χ4v) is 3.72. The first-order valence-corrected chi connectivity index (χ1v) is 7.94. The molecular formula is C16H11Br2NO2. The van der Waals surface area contributed by atoms with Crippen LogP contribution in [-0.2, 0) is 0 Å². The van der Waals surface area contributed by atoms with Gasteiger partial charge in [0.25, 0.3) is 11.8 Å². The summed E-state index contributed by atoms with van der Waals surface area (Å²) < 4.78 is 1.72. The third kappa shape index (κ3) is 2.24. The molecule has 21 heavy (non-hydrogen) atoms. The van der Waals surface area contributed by atoms with Crippen LogP contribution in [0.3, 0.4) is 0 Å². The zero-order valence-electron chi connectivity index (χ0n) is 11.4. The van der Waals surface area contributed by atoms with Crippen LogP contribution in [0.15, 0.2) is 39.3 Å². The van der Waals surface area contributed by atoms with Crippen LogP contribution >= 0.6 is 31.9 Å². The van der Waals surface area contributed by atoms with Crippen LogP contribution in [0.1, 0.15) is 31.8 Å². The smallest absolute Gasteiger partial charge is 0.266 e. The maximum atomic E-state index is 12.6.